The van der Waals surface area contributed by atoms with Crippen LogP contribution in [0.4, 0.5) is 0 Å². The number of hydrogen-bond donors (Lipinski definition) is 0. The van der Waals surface area contributed by atoms with Gasteiger partial charge in [0.05, 0.1) is 5.69 Å². The normalized spacial score (nSPS) is 12.2. The summed E-state index contributed by atoms with van der Waals surface area (Å²) in [6.45, 7) is 8.61. The van der Waals surface area contributed by atoms with Crippen LogP contribution in [0.2, 0.25) is 0 Å². The van der Waals surface area contributed by atoms with Gasteiger partial charge in [-0.15, -0.1) is 0 Å². The third-order valence-corrected chi connectivity index (χ3v) is 4.42. The number of furan rings is 1. The van der Waals surface area contributed by atoms with Crippen LogP contribution in [0, 0.1) is 6.92 Å². The molecule has 0 aliphatic carbocycles. The van der Waals surface area contributed by atoms with Crippen LogP contribution in [0.15, 0.2) is 53.2 Å². The zero-order valence-electron chi connectivity index (χ0n) is 14.4. The van der Waals surface area contributed by atoms with Crippen molar-refractivity contribution in [3.63, 3.8) is 0 Å². The summed E-state index contributed by atoms with van der Waals surface area (Å²) < 4.78 is 6.16. The van der Waals surface area contributed by atoms with E-state index in [9.17, 15) is 0 Å². The molecule has 0 saturated heterocycles. The second-order valence-electron chi connectivity index (χ2n) is 7.29. The van der Waals surface area contributed by atoms with E-state index >= 15 is 0 Å². The molecule has 0 spiro atoms. The fraction of sp³-hybridized carbons (Fsp3) is 0.238. The lowest BCUT2D eigenvalue weighted by Gasteiger charge is -2.19. The quantitative estimate of drug-likeness (QED) is 0.455. The van der Waals surface area contributed by atoms with Gasteiger partial charge in [0.25, 0.3) is 0 Å². The van der Waals surface area contributed by atoms with Crippen LogP contribution in [0.3, 0.4) is 0 Å². The number of nitrogens with zero attached hydrogens (tertiary/aromatic N) is 2. The molecule has 3 nitrogen and oxygen atoms in total. The molecule has 0 unspecified atom stereocenters. The van der Waals surface area contributed by atoms with Crippen molar-refractivity contribution in [1.29, 1.82) is 0 Å². The van der Waals surface area contributed by atoms with Gasteiger partial charge in [0.1, 0.15) is 11.2 Å². The Balaban J connectivity index is 1.99. The largest absolute Gasteiger partial charge is 0.455 e. The van der Waals surface area contributed by atoms with Crippen molar-refractivity contribution >= 4 is 21.9 Å². The van der Waals surface area contributed by atoms with E-state index in [0.29, 0.717) is 0 Å². The number of pyridine rings is 2. The van der Waals surface area contributed by atoms with Crippen LogP contribution in [0.25, 0.3) is 33.2 Å². The van der Waals surface area contributed by atoms with Crippen LogP contribution in [0.5, 0.6) is 0 Å². The number of hydrogen-bond acceptors (Lipinski definition) is 3. The minimum Gasteiger partial charge on any atom is -0.455 e. The lowest BCUT2D eigenvalue weighted by molar-refractivity contribution is 0.589. The maximum atomic E-state index is 6.16. The smallest absolute Gasteiger partial charge is 0.144 e. The third-order valence-electron chi connectivity index (χ3n) is 4.42. The number of aryl methyl sites for hydroxylation is 1. The molecule has 4 aromatic rings. The van der Waals surface area contributed by atoms with E-state index in [4.69, 9.17) is 4.42 Å². The van der Waals surface area contributed by atoms with E-state index in [1.165, 1.54) is 5.56 Å². The second kappa shape index (κ2) is 5.17. The summed E-state index contributed by atoms with van der Waals surface area (Å²) in [7, 11) is 0. The molecule has 0 aliphatic rings. The van der Waals surface area contributed by atoms with Gasteiger partial charge in [-0.2, -0.15) is 0 Å². The van der Waals surface area contributed by atoms with E-state index in [0.717, 1.165) is 38.9 Å². The molecule has 0 bridgehead atoms. The summed E-state index contributed by atoms with van der Waals surface area (Å²) in [5, 5.41) is 2.13. The molecule has 0 atom stereocenters. The van der Waals surface area contributed by atoms with Crippen molar-refractivity contribution in [2.24, 2.45) is 0 Å². The van der Waals surface area contributed by atoms with Gasteiger partial charge in [0, 0.05) is 40.5 Å². The zero-order chi connectivity index (χ0) is 16.9. The molecule has 0 N–H and O–H groups in total. The van der Waals surface area contributed by atoms with Gasteiger partial charge in [-0.25, -0.2) is 0 Å². The summed E-state index contributed by atoms with van der Waals surface area (Å²) in [6.07, 6.45) is 3.77. The number of fused-ring (bicyclic) bond motifs is 3. The van der Waals surface area contributed by atoms with Gasteiger partial charge < -0.3 is 4.42 Å². The van der Waals surface area contributed by atoms with Crippen molar-refractivity contribution in [3.8, 4) is 11.3 Å². The molecule has 24 heavy (non-hydrogen) atoms. The van der Waals surface area contributed by atoms with Crippen molar-refractivity contribution < 1.29 is 4.42 Å². The first-order valence-corrected chi connectivity index (χ1v) is 8.18. The van der Waals surface area contributed by atoms with E-state index in [1.54, 1.807) is 0 Å². The Hall–Kier alpha value is -2.68. The molecule has 0 saturated carbocycles. The van der Waals surface area contributed by atoms with Gasteiger partial charge in [-0.1, -0.05) is 32.9 Å². The van der Waals surface area contributed by atoms with Crippen LogP contribution < -0.4 is 0 Å². The monoisotopic (exact) mass is 316 g/mol. The first-order valence-electron chi connectivity index (χ1n) is 8.18. The molecule has 0 amide bonds. The zero-order valence-corrected chi connectivity index (χ0v) is 14.4. The highest BCUT2D eigenvalue weighted by Gasteiger charge is 2.17. The summed E-state index contributed by atoms with van der Waals surface area (Å²) in [5.74, 6) is 0. The molecular formula is C21H20N2O. The van der Waals surface area contributed by atoms with E-state index in [-0.39, 0.29) is 5.41 Å². The maximum Gasteiger partial charge on any atom is 0.144 e. The Bertz CT molecular complexity index is 1050. The molecule has 120 valence electrons. The third kappa shape index (κ3) is 2.37. The van der Waals surface area contributed by atoms with Crippen LogP contribution in [-0.2, 0) is 5.41 Å². The number of para-hydroxylation sites is 1. The highest BCUT2D eigenvalue weighted by Crippen LogP contribution is 2.35. The topological polar surface area (TPSA) is 38.9 Å². The SMILES string of the molecule is Cc1cc2oc3c(-c4cc(C(C)(C)C)ccn4)cccc3c2cn1. The Morgan fingerprint density at radius 3 is 2.58 bits per heavy atom. The standard InChI is InChI=1S/C21H20N2O/c1-13-10-19-17(12-23-13)15-6-5-7-16(20(15)24-19)18-11-14(8-9-22-18)21(2,3)4/h5-12H,1-4H3. The minimum absolute atomic E-state index is 0.0838. The molecule has 3 heteroatoms. The molecule has 3 heterocycles. The van der Waals surface area contributed by atoms with Gasteiger partial charge in [0.2, 0.25) is 0 Å². The summed E-state index contributed by atoms with van der Waals surface area (Å²) >= 11 is 0. The first kappa shape index (κ1) is 14.9. The predicted molar refractivity (Wildman–Crippen MR) is 98.2 cm³/mol. The Labute approximate surface area is 141 Å². The van der Waals surface area contributed by atoms with Crippen LogP contribution in [0.1, 0.15) is 32.0 Å². The minimum atomic E-state index is 0.0838. The molecule has 4 rings (SSSR count). The Morgan fingerprint density at radius 2 is 1.79 bits per heavy atom. The molecule has 1 aromatic carbocycles. The number of aromatic nitrogens is 2. The fourth-order valence-electron chi connectivity index (χ4n) is 3.04. The van der Waals surface area contributed by atoms with Gasteiger partial charge in [-0.3, -0.25) is 9.97 Å². The Kier molecular flexibility index (Phi) is 3.20. The van der Waals surface area contributed by atoms with Crippen molar-refractivity contribution in [2.45, 2.75) is 33.1 Å². The summed E-state index contributed by atoms with van der Waals surface area (Å²) in [5.41, 5.74) is 6.01. The lowest BCUT2D eigenvalue weighted by atomic mass is 9.87. The molecular weight excluding hydrogens is 296 g/mol. The summed E-state index contributed by atoms with van der Waals surface area (Å²) in [6, 6.07) is 12.4. The predicted octanol–water partition coefficient (Wildman–Crippen LogP) is 5.65. The first-order chi connectivity index (χ1) is 11.4. The average molecular weight is 316 g/mol. The molecule has 0 radical (unpaired) electrons. The van der Waals surface area contributed by atoms with Gasteiger partial charge in [0.15, 0.2) is 0 Å². The lowest BCUT2D eigenvalue weighted by Crippen LogP contribution is -2.11. The fourth-order valence-corrected chi connectivity index (χ4v) is 3.04. The van der Waals surface area contributed by atoms with Crippen molar-refractivity contribution in [1.82, 2.24) is 9.97 Å². The van der Waals surface area contributed by atoms with Gasteiger partial charge >= 0.3 is 0 Å². The highest BCUT2D eigenvalue weighted by molar-refractivity contribution is 6.09. The summed E-state index contributed by atoms with van der Waals surface area (Å²) in [4.78, 5) is 8.99. The van der Waals surface area contributed by atoms with Crippen molar-refractivity contribution in [3.05, 3.63) is 60.0 Å². The van der Waals surface area contributed by atoms with E-state index in [1.807, 2.05) is 25.4 Å². The number of benzene rings is 1. The van der Waals surface area contributed by atoms with E-state index < -0.39 is 0 Å². The Morgan fingerprint density at radius 1 is 0.958 bits per heavy atom. The second-order valence-corrected chi connectivity index (χ2v) is 7.29. The van der Waals surface area contributed by atoms with Crippen LogP contribution in [-0.4, -0.2) is 9.97 Å². The molecule has 0 aliphatic heterocycles. The van der Waals surface area contributed by atoms with Crippen molar-refractivity contribution in [2.75, 3.05) is 0 Å². The molecule has 0 fully saturated rings. The number of rotatable bonds is 1. The van der Waals surface area contributed by atoms with Crippen LogP contribution >= 0.6 is 0 Å². The average Bonchev–Trinajstić information content (AvgIpc) is 2.91. The highest BCUT2D eigenvalue weighted by atomic mass is 16.3. The molecule has 3 aromatic heterocycles. The van der Waals surface area contributed by atoms with E-state index in [2.05, 4.69) is 61.1 Å². The van der Waals surface area contributed by atoms with Gasteiger partial charge in [-0.05, 0) is 36.1 Å². The maximum absolute atomic E-state index is 6.16.